The van der Waals surface area contributed by atoms with E-state index in [1.54, 1.807) is 18.2 Å². The van der Waals surface area contributed by atoms with Gasteiger partial charge in [0, 0.05) is 30.1 Å². The van der Waals surface area contributed by atoms with E-state index in [0.717, 1.165) is 40.6 Å². The number of fused-ring (bicyclic) bond motifs is 1. The summed E-state index contributed by atoms with van der Waals surface area (Å²) in [5.41, 5.74) is 3.89. The lowest BCUT2D eigenvalue weighted by molar-refractivity contribution is -0.137. The second-order valence-corrected chi connectivity index (χ2v) is 10.5. The van der Waals surface area contributed by atoms with Gasteiger partial charge in [0.15, 0.2) is 5.78 Å². The van der Waals surface area contributed by atoms with Gasteiger partial charge in [-0.25, -0.2) is 0 Å². The zero-order valence-electron chi connectivity index (χ0n) is 23.9. The Morgan fingerprint density at radius 3 is 2.28 bits per heavy atom. The number of aryl methyl sites for hydroxylation is 1. The predicted octanol–water partition coefficient (Wildman–Crippen LogP) is 7.40. The summed E-state index contributed by atoms with van der Waals surface area (Å²) >= 11 is 6.19. The van der Waals surface area contributed by atoms with Crippen molar-refractivity contribution in [2.75, 3.05) is 13.2 Å². The van der Waals surface area contributed by atoms with Crippen LogP contribution in [-0.4, -0.2) is 45.7 Å². The monoisotopic (exact) mass is 603 g/mol. The van der Waals surface area contributed by atoms with Crippen LogP contribution in [0.2, 0.25) is 5.02 Å². The first-order valence-corrected chi connectivity index (χ1v) is 14.5. The van der Waals surface area contributed by atoms with Crippen molar-refractivity contribution in [2.24, 2.45) is 0 Å². The molecular weight excluding hydrogens is 570 g/mol. The molecular formula is C34H34ClNO7. The molecule has 2 N–H and O–H groups in total. The zero-order chi connectivity index (χ0) is 30.8. The van der Waals surface area contributed by atoms with Crippen LogP contribution in [0.3, 0.4) is 0 Å². The highest BCUT2D eigenvalue weighted by Crippen LogP contribution is 2.30. The second-order valence-electron chi connectivity index (χ2n) is 10.1. The number of hydrogen-bond acceptors (Lipinski definition) is 5. The number of ketones is 1. The first-order valence-electron chi connectivity index (χ1n) is 14.1. The molecule has 0 aliphatic heterocycles. The van der Waals surface area contributed by atoms with Gasteiger partial charge < -0.3 is 24.3 Å². The Morgan fingerprint density at radius 2 is 1.58 bits per heavy atom. The quantitative estimate of drug-likeness (QED) is 0.0779. The van der Waals surface area contributed by atoms with Gasteiger partial charge in [-0.3, -0.25) is 14.4 Å². The zero-order valence-corrected chi connectivity index (χ0v) is 24.7. The van der Waals surface area contributed by atoms with E-state index in [-0.39, 0.29) is 18.6 Å². The van der Waals surface area contributed by atoms with E-state index < -0.39 is 11.9 Å². The topological polar surface area (TPSA) is 115 Å². The lowest BCUT2D eigenvalue weighted by atomic mass is 10.0. The Hall–Kier alpha value is -4.56. The third-order valence-electron chi connectivity index (χ3n) is 6.88. The molecule has 224 valence electrons. The minimum Gasteiger partial charge on any atom is -0.494 e. The van der Waals surface area contributed by atoms with Crippen LogP contribution in [0.25, 0.3) is 23.1 Å². The number of benzene rings is 3. The number of para-hydroxylation sites is 1. The summed E-state index contributed by atoms with van der Waals surface area (Å²) in [7, 11) is 0. The average Bonchev–Trinajstić information content (AvgIpc) is 3.31. The van der Waals surface area contributed by atoms with E-state index in [1.807, 2.05) is 65.4 Å². The molecule has 1 heterocycles. The van der Waals surface area contributed by atoms with Crippen LogP contribution in [-0.2, 0) is 22.6 Å². The van der Waals surface area contributed by atoms with Crippen molar-refractivity contribution in [3.8, 4) is 11.5 Å². The maximum Gasteiger partial charge on any atom is 0.307 e. The number of carbonyl (C=O) groups excluding carboxylic acids is 1. The van der Waals surface area contributed by atoms with E-state index in [1.165, 1.54) is 6.92 Å². The van der Waals surface area contributed by atoms with Crippen LogP contribution >= 0.6 is 11.6 Å². The Balaban J connectivity index is 1.33. The van der Waals surface area contributed by atoms with Crippen molar-refractivity contribution in [1.29, 1.82) is 0 Å². The highest BCUT2D eigenvalue weighted by molar-refractivity contribution is 6.32. The van der Waals surface area contributed by atoms with Crippen molar-refractivity contribution in [3.05, 3.63) is 94.1 Å². The minimum atomic E-state index is -0.922. The van der Waals surface area contributed by atoms with Gasteiger partial charge in [-0.2, -0.15) is 0 Å². The molecule has 0 spiro atoms. The number of rotatable bonds is 16. The van der Waals surface area contributed by atoms with E-state index >= 15 is 0 Å². The molecule has 0 atom stereocenters. The van der Waals surface area contributed by atoms with Gasteiger partial charge in [-0.1, -0.05) is 54.1 Å². The molecule has 0 aliphatic carbocycles. The number of carbonyl (C=O) groups is 3. The SMILES string of the molecule is CC(=O)c1cccc(Cl)c1OCCCCOc1ccc(C=Cc2cccc3c2c(CC(=O)O)cn3CCCC(=O)O)cc1. The number of unbranched alkanes of at least 4 members (excludes halogenated alkanes) is 1. The Kier molecular flexibility index (Phi) is 11.0. The molecule has 4 aromatic rings. The van der Waals surface area contributed by atoms with Crippen molar-refractivity contribution in [2.45, 2.75) is 45.6 Å². The number of hydrogen-bond donors (Lipinski definition) is 2. The van der Waals surface area contributed by atoms with Gasteiger partial charge in [0.1, 0.15) is 11.5 Å². The number of halogens is 1. The van der Waals surface area contributed by atoms with Gasteiger partial charge in [0.2, 0.25) is 0 Å². The molecule has 3 aromatic carbocycles. The standard InChI is InChI=1S/C34H34ClNO7/c1-23(37)28-8-5-9-29(35)34(28)43-20-3-2-19-42-27-16-13-24(14-17-27)12-15-25-7-4-10-30-33(25)26(21-32(40)41)22-36(30)18-6-11-31(38)39/h4-5,7-10,12-17,22H,2-3,6,11,18-21H2,1H3,(H,38,39)(H,40,41). The van der Waals surface area contributed by atoms with Crippen molar-refractivity contribution < 1.29 is 34.1 Å². The third-order valence-corrected chi connectivity index (χ3v) is 7.18. The molecule has 1 aromatic heterocycles. The average molecular weight is 604 g/mol. The number of ether oxygens (including phenoxy) is 2. The summed E-state index contributed by atoms with van der Waals surface area (Å²) in [6.07, 6.45) is 7.63. The number of aromatic nitrogens is 1. The summed E-state index contributed by atoms with van der Waals surface area (Å²) in [6, 6.07) is 18.6. The van der Waals surface area contributed by atoms with Crippen LogP contribution in [0.5, 0.6) is 11.5 Å². The Bertz CT molecular complexity index is 1620. The number of nitrogens with zero attached hydrogens (tertiary/aromatic N) is 1. The highest BCUT2D eigenvalue weighted by Gasteiger charge is 2.15. The Morgan fingerprint density at radius 1 is 0.860 bits per heavy atom. The summed E-state index contributed by atoms with van der Waals surface area (Å²) < 4.78 is 13.6. The molecule has 4 rings (SSSR count). The van der Waals surface area contributed by atoms with Crippen molar-refractivity contribution >= 4 is 52.4 Å². The molecule has 0 fully saturated rings. The van der Waals surface area contributed by atoms with Gasteiger partial charge in [-0.05, 0) is 73.2 Å². The largest absolute Gasteiger partial charge is 0.494 e. The van der Waals surface area contributed by atoms with E-state index in [9.17, 15) is 19.5 Å². The molecule has 0 saturated carbocycles. The maximum absolute atomic E-state index is 11.8. The molecule has 0 unspecified atom stereocenters. The summed E-state index contributed by atoms with van der Waals surface area (Å²) in [5, 5.41) is 19.7. The van der Waals surface area contributed by atoms with E-state index in [0.29, 0.717) is 48.1 Å². The van der Waals surface area contributed by atoms with Gasteiger partial charge >= 0.3 is 11.9 Å². The number of Topliss-reactive ketones (excluding diaryl/α,β-unsaturated/α-hetero) is 1. The predicted molar refractivity (Wildman–Crippen MR) is 167 cm³/mol. The molecule has 9 heteroatoms. The first kappa shape index (κ1) is 31.4. The highest BCUT2D eigenvalue weighted by atomic mass is 35.5. The fourth-order valence-corrected chi connectivity index (χ4v) is 5.08. The van der Waals surface area contributed by atoms with Crippen LogP contribution < -0.4 is 9.47 Å². The van der Waals surface area contributed by atoms with Crippen molar-refractivity contribution in [1.82, 2.24) is 4.57 Å². The molecule has 8 nitrogen and oxygen atoms in total. The summed E-state index contributed by atoms with van der Waals surface area (Å²) in [6.45, 7) is 2.91. The number of carboxylic acids is 2. The lowest BCUT2D eigenvalue weighted by Crippen LogP contribution is -2.05. The van der Waals surface area contributed by atoms with Crippen molar-refractivity contribution in [3.63, 3.8) is 0 Å². The van der Waals surface area contributed by atoms with Crippen LogP contribution in [0.15, 0.2) is 66.9 Å². The molecule has 0 bridgehead atoms. The maximum atomic E-state index is 11.8. The normalized spacial score (nSPS) is 11.2. The molecule has 0 radical (unpaired) electrons. The van der Waals surface area contributed by atoms with Crippen LogP contribution in [0, 0.1) is 0 Å². The summed E-state index contributed by atoms with van der Waals surface area (Å²) in [5.74, 6) is -0.708. The second kappa shape index (κ2) is 15.1. The fraction of sp³-hybridized carbons (Fsp3) is 0.265. The first-order chi connectivity index (χ1) is 20.7. The van der Waals surface area contributed by atoms with E-state index in [2.05, 4.69) is 0 Å². The third kappa shape index (κ3) is 8.72. The Labute approximate surface area is 255 Å². The lowest BCUT2D eigenvalue weighted by Gasteiger charge is -2.12. The van der Waals surface area contributed by atoms with Gasteiger partial charge in [0.05, 0.1) is 30.2 Å². The number of aliphatic carboxylic acids is 2. The minimum absolute atomic E-state index is 0.0498. The van der Waals surface area contributed by atoms with Crippen LogP contribution in [0.4, 0.5) is 0 Å². The molecule has 43 heavy (non-hydrogen) atoms. The van der Waals surface area contributed by atoms with Gasteiger partial charge in [0.25, 0.3) is 0 Å². The fourth-order valence-electron chi connectivity index (χ4n) is 4.85. The molecule has 0 aliphatic rings. The number of carboxylic acid groups (broad SMARTS) is 2. The van der Waals surface area contributed by atoms with Gasteiger partial charge in [-0.15, -0.1) is 0 Å². The molecule has 0 amide bonds. The molecule has 0 saturated heterocycles. The summed E-state index contributed by atoms with van der Waals surface area (Å²) in [4.78, 5) is 34.3. The smallest absolute Gasteiger partial charge is 0.307 e. The van der Waals surface area contributed by atoms with E-state index in [4.69, 9.17) is 26.2 Å². The van der Waals surface area contributed by atoms with Crippen LogP contribution in [0.1, 0.15) is 59.7 Å².